The van der Waals surface area contributed by atoms with Gasteiger partial charge in [-0.25, -0.2) is 18.6 Å². The van der Waals surface area contributed by atoms with Gasteiger partial charge in [-0.1, -0.05) is 24.3 Å². The molecule has 0 fully saturated rings. The zero-order valence-electron chi connectivity index (χ0n) is 9.62. The Kier molecular flexibility index (Phi) is 4.26. The minimum absolute atomic E-state index is 1.32. The van der Waals surface area contributed by atoms with Crippen LogP contribution in [0.5, 0.6) is 0 Å². The minimum atomic E-state index is -4.94. The average Bonchev–Trinajstić information content (AvgIpc) is 2.37. The molecule has 1 heterocycles. The lowest BCUT2D eigenvalue weighted by Crippen LogP contribution is -2.68. The SMILES string of the molecule is [O-][Cl+3]([O-])([O-])[O-].c1ccc2c(c1)ccc1ccc[s+]c12. The molecular weight excluding hydrogens is 288 g/mol. The quantitative estimate of drug-likeness (QED) is 0.416. The Morgan fingerprint density at radius 1 is 0.737 bits per heavy atom. The van der Waals surface area contributed by atoms with E-state index in [0.717, 1.165) is 0 Å². The van der Waals surface area contributed by atoms with Crippen molar-refractivity contribution in [3.63, 3.8) is 0 Å². The molecule has 0 aliphatic rings. The predicted octanol–water partition coefficient (Wildman–Crippen LogP) is -0.420. The molecule has 6 heteroatoms. The van der Waals surface area contributed by atoms with E-state index in [2.05, 4.69) is 53.9 Å². The Morgan fingerprint density at radius 2 is 1.32 bits per heavy atom. The van der Waals surface area contributed by atoms with E-state index in [1.54, 1.807) is 11.3 Å². The van der Waals surface area contributed by atoms with E-state index in [9.17, 15) is 0 Å². The molecule has 0 aliphatic carbocycles. The second-order valence-electron chi connectivity index (χ2n) is 3.70. The van der Waals surface area contributed by atoms with Gasteiger partial charge in [0.2, 0.25) is 16.0 Å². The molecule has 3 aromatic rings. The Balaban J connectivity index is 0.000000232. The molecule has 0 saturated carbocycles. The van der Waals surface area contributed by atoms with Gasteiger partial charge in [-0.15, -0.1) is 10.2 Å². The highest BCUT2D eigenvalue weighted by Gasteiger charge is 2.07. The molecule has 1 aromatic heterocycles. The Labute approximate surface area is 115 Å². The van der Waals surface area contributed by atoms with Gasteiger partial charge in [0, 0.05) is 10.8 Å². The smallest absolute Gasteiger partial charge is 0.222 e. The number of hydrogen-bond acceptors (Lipinski definition) is 4. The van der Waals surface area contributed by atoms with Crippen LogP contribution in [-0.4, -0.2) is 0 Å². The summed E-state index contributed by atoms with van der Waals surface area (Å²) in [4.78, 5) is 0. The monoisotopic (exact) mass is 296 g/mol. The van der Waals surface area contributed by atoms with E-state index >= 15 is 0 Å². The maximum absolute atomic E-state index is 8.49. The summed E-state index contributed by atoms with van der Waals surface area (Å²) in [5.74, 6) is 0. The lowest BCUT2D eigenvalue weighted by molar-refractivity contribution is -2.00. The summed E-state index contributed by atoms with van der Waals surface area (Å²) in [6, 6.07) is 17.2. The number of rotatable bonds is 0. The molecule has 0 N–H and O–H groups in total. The summed E-state index contributed by atoms with van der Waals surface area (Å²) in [5, 5.41) is 6.14. The van der Waals surface area contributed by atoms with Crippen LogP contribution in [0, 0.1) is 10.2 Å². The normalized spacial score (nSPS) is 11.2. The van der Waals surface area contributed by atoms with Crippen molar-refractivity contribution in [3.05, 3.63) is 53.9 Å². The number of halogens is 1. The first kappa shape index (κ1) is 14.1. The van der Waals surface area contributed by atoms with Crippen molar-refractivity contribution >= 4 is 32.2 Å². The van der Waals surface area contributed by atoms with Gasteiger partial charge in [0.1, 0.15) is 0 Å². The fourth-order valence-corrected chi connectivity index (χ4v) is 2.65. The molecule has 2 aromatic carbocycles. The molecule has 19 heavy (non-hydrogen) atoms. The second-order valence-corrected chi connectivity index (χ2v) is 5.37. The molecule has 0 atom stereocenters. The zero-order valence-corrected chi connectivity index (χ0v) is 11.2. The Bertz CT molecular complexity index is 636. The largest absolute Gasteiger partial charge is 0.245 e. The van der Waals surface area contributed by atoms with Crippen LogP contribution in [0.3, 0.4) is 0 Å². The van der Waals surface area contributed by atoms with Gasteiger partial charge >= 0.3 is 0 Å². The van der Waals surface area contributed by atoms with Gasteiger partial charge in [0.15, 0.2) is 5.38 Å². The Morgan fingerprint density at radius 3 is 2.05 bits per heavy atom. The van der Waals surface area contributed by atoms with E-state index in [0.29, 0.717) is 0 Å². The summed E-state index contributed by atoms with van der Waals surface area (Å²) in [7, 11) is -4.94. The summed E-state index contributed by atoms with van der Waals surface area (Å²) < 4.78 is 35.4. The molecule has 98 valence electrons. The highest BCUT2D eigenvalue weighted by Crippen LogP contribution is 2.27. The van der Waals surface area contributed by atoms with Crippen molar-refractivity contribution in [1.82, 2.24) is 0 Å². The molecule has 0 radical (unpaired) electrons. The van der Waals surface area contributed by atoms with Crippen LogP contribution in [-0.2, 0) is 0 Å². The van der Waals surface area contributed by atoms with Crippen LogP contribution in [0.1, 0.15) is 0 Å². The first-order valence-electron chi connectivity index (χ1n) is 5.25. The fraction of sp³-hybridized carbons (Fsp3) is 0. The number of benzene rings is 2. The van der Waals surface area contributed by atoms with Gasteiger partial charge in [-0.2, -0.15) is 0 Å². The first-order chi connectivity index (χ1) is 8.95. The van der Waals surface area contributed by atoms with Crippen molar-refractivity contribution in [2.24, 2.45) is 0 Å². The van der Waals surface area contributed by atoms with E-state index < -0.39 is 10.2 Å². The lowest BCUT2D eigenvalue weighted by atomic mass is 10.1. The van der Waals surface area contributed by atoms with Gasteiger partial charge in [-0.05, 0) is 29.7 Å². The fourth-order valence-electron chi connectivity index (χ4n) is 1.77. The number of fused-ring (bicyclic) bond motifs is 3. The van der Waals surface area contributed by atoms with Crippen LogP contribution in [0.25, 0.3) is 20.9 Å². The molecule has 0 unspecified atom stereocenters. The molecule has 0 bridgehead atoms. The molecular formula is C13H9ClO4S. The van der Waals surface area contributed by atoms with E-state index in [-0.39, 0.29) is 0 Å². The second kappa shape index (κ2) is 5.75. The van der Waals surface area contributed by atoms with Crippen LogP contribution in [0.2, 0.25) is 0 Å². The van der Waals surface area contributed by atoms with E-state index in [4.69, 9.17) is 18.6 Å². The zero-order chi connectivity index (χ0) is 13.9. The number of hydrogen-bond donors (Lipinski definition) is 0. The van der Waals surface area contributed by atoms with Gasteiger partial charge in [0.05, 0.1) is 0 Å². The highest BCUT2D eigenvalue weighted by atomic mass is 35.7. The van der Waals surface area contributed by atoms with Crippen molar-refractivity contribution in [3.8, 4) is 0 Å². The summed E-state index contributed by atoms with van der Waals surface area (Å²) >= 11 is 1.81. The van der Waals surface area contributed by atoms with Crippen LogP contribution in [0.15, 0.2) is 53.9 Å². The maximum Gasteiger partial charge on any atom is 0.245 e. The Hall–Kier alpha value is -1.34. The van der Waals surface area contributed by atoms with Crippen molar-refractivity contribution in [2.45, 2.75) is 0 Å². The third kappa shape index (κ3) is 4.07. The maximum atomic E-state index is 8.49. The summed E-state index contributed by atoms with van der Waals surface area (Å²) in [5.41, 5.74) is 0. The average molecular weight is 297 g/mol. The van der Waals surface area contributed by atoms with Gasteiger partial charge in [0.25, 0.3) is 0 Å². The van der Waals surface area contributed by atoms with Crippen molar-refractivity contribution in [1.29, 1.82) is 0 Å². The molecule has 0 saturated heterocycles. The van der Waals surface area contributed by atoms with Crippen molar-refractivity contribution < 1.29 is 28.9 Å². The predicted molar refractivity (Wildman–Crippen MR) is 63.7 cm³/mol. The third-order valence-corrected chi connectivity index (χ3v) is 3.43. The molecule has 0 spiro atoms. The van der Waals surface area contributed by atoms with Crippen molar-refractivity contribution in [2.75, 3.05) is 0 Å². The molecule has 0 amide bonds. The van der Waals surface area contributed by atoms with Crippen LogP contribution in [0.4, 0.5) is 0 Å². The van der Waals surface area contributed by atoms with Crippen LogP contribution < -0.4 is 18.6 Å². The van der Waals surface area contributed by atoms with Gasteiger partial charge in [-0.3, -0.25) is 0 Å². The molecule has 4 nitrogen and oxygen atoms in total. The van der Waals surface area contributed by atoms with Gasteiger partial charge < -0.3 is 0 Å². The summed E-state index contributed by atoms with van der Waals surface area (Å²) in [6.07, 6.45) is 0. The molecule has 3 rings (SSSR count). The minimum Gasteiger partial charge on any atom is -0.222 e. The molecule has 0 aliphatic heterocycles. The topological polar surface area (TPSA) is 92.2 Å². The standard InChI is InChI=1S/C13H9S.ClHO4/c1-2-6-12-10(4-1)7-8-11-5-3-9-14-13(11)12;2-1(3,4)5/h1-9H;(H,2,3,4,5)/q+1;/p-1. The summed E-state index contributed by atoms with van der Waals surface area (Å²) in [6.45, 7) is 0. The first-order valence-corrected chi connectivity index (χ1v) is 7.36. The third-order valence-electron chi connectivity index (χ3n) is 2.45. The lowest BCUT2D eigenvalue weighted by Gasteiger charge is -2.17. The van der Waals surface area contributed by atoms with E-state index in [1.807, 2.05) is 0 Å². The van der Waals surface area contributed by atoms with Crippen LogP contribution >= 0.6 is 11.3 Å². The highest BCUT2D eigenvalue weighted by molar-refractivity contribution is 7.17. The van der Waals surface area contributed by atoms with E-state index in [1.165, 1.54) is 20.9 Å².